The zero-order chi connectivity index (χ0) is 15.1. The summed E-state index contributed by atoms with van der Waals surface area (Å²) in [5.41, 5.74) is 2.19. The van der Waals surface area contributed by atoms with E-state index in [9.17, 15) is 0 Å². The molecule has 1 N–H and O–H groups in total. The highest BCUT2D eigenvalue weighted by atomic mass is 79.9. The van der Waals surface area contributed by atoms with Crippen LogP contribution in [0, 0.1) is 0 Å². The fourth-order valence-electron chi connectivity index (χ4n) is 2.16. The molecule has 0 aliphatic rings. The normalized spacial score (nSPS) is 12.1. The van der Waals surface area contributed by atoms with Crippen molar-refractivity contribution in [3.8, 4) is 5.75 Å². The lowest BCUT2D eigenvalue weighted by molar-refractivity contribution is 0.411. The zero-order valence-electron chi connectivity index (χ0n) is 12.3. The van der Waals surface area contributed by atoms with Crippen molar-refractivity contribution in [3.05, 3.63) is 52.5 Å². The first-order chi connectivity index (χ1) is 10.2. The molecule has 4 nitrogen and oxygen atoms in total. The Morgan fingerprint density at radius 3 is 2.81 bits per heavy atom. The van der Waals surface area contributed by atoms with E-state index in [1.807, 2.05) is 12.3 Å². The molecule has 0 spiro atoms. The molecule has 5 heteroatoms. The highest BCUT2D eigenvalue weighted by molar-refractivity contribution is 9.10. The molecule has 1 aromatic heterocycles. The van der Waals surface area contributed by atoms with Gasteiger partial charge < -0.3 is 10.1 Å². The van der Waals surface area contributed by atoms with Gasteiger partial charge in [-0.2, -0.15) is 0 Å². The lowest BCUT2D eigenvalue weighted by Gasteiger charge is -2.18. The summed E-state index contributed by atoms with van der Waals surface area (Å²) < 4.78 is 6.24. The summed E-state index contributed by atoms with van der Waals surface area (Å²) in [6.45, 7) is 3.11. The maximum Gasteiger partial charge on any atom is 0.133 e. The first-order valence-electron chi connectivity index (χ1n) is 7.06. The molecule has 0 bridgehead atoms. The van der Waals surface area contributed by atoms with Crippen LogP contribution in [0.25, 0.3) is 0 Å². The summed E-state index contributed by atoms with van der Waals surface area (Å²) in [7, 11) is 1.67. The van der Waals surface area contributed by atoms with Crippen LogP contribution in [0.2, 0.25) is 0 Å². The molecular weight excluding hydrogens is 330 g/mol. The molecule has 1 atom stereocenters. The summed E-state index contributed by atoms with van der Waals surface area (Å²) in [6, 6.07) is 6.32. The second-order valence-electron chi connectivity index (χ2n) is 4.81. The Bertz CT molecular complexity index is 563. The van der Waals surface area contributed by atoms with Crippen molar-refractivity contribution in [3.63, 3.8) is 0 Å². The van der Waals surface area contributed by atoms with Gasteiger partial charge in [0.2, 0.25) is 0 Å². The Morgan fingerprint density at radius 1 is 1.33 bits per heavy atom. The van der Waals surface area contributed by atoms with Crippen molar-refractivity contribution in [1.82, 2.24) is 15.3 Å². The van der Waals surface area contributed by atoms with E-state index in [4.69, 9.17) is 4.74 Å². The molecule has 1 heterocycles. The molecule has 0 aliphatic heterocycles. The van der Waals surface area contributed by atoms with E-state index in [0.29, 0.717) is 0 Å². The van der Waals surface area contributed by atoms with Crippen LogP contribution >= 0.6 is 15.9 Å². The first-order valence-corrected chi connectivity index (χ1v) is 7.85. The second kappa shape index (κ2) is 8.10. The van der Waals surface area contributed by atoms with Gasteiger partial charge in [-0.15, -0.1) is 0 Å². The van der Waals surface area contributed by atoms with Gasteiger partial charge in [0.1, 0.15) is 5.75 Å². The van der Waals surface area contributed by atoms with E-state index in [1.165, 1.54) is 5.56 Å². The van der Waals surface area contributed by atoms with Crippen molar-refractivity contribution in [1.29, 1.82) is 0 Å². The van der Waals surface area contributed by atoms with E-state index < -0.39 is 0 Å². The molecular formula is C16H20BrN3O. The minimum Gasteiger partial charge on any atom is -0.496 e. The van der Waals surface area contributed by atoms with Crippen molar-refractivity contribution in [2.45, 2.75) is 25.8 Å². The van der Waals surface area contributed by atoms with Crippen LogP contribution in [0.1, 0.15) is 30.6 Å². The van der Waals surface area contributed by atoms with Crippen LogP contribution in [0.4, 0.5) is 0 Å². The Balaban J connectivity index is 2.16. The van der Waals surface area contributed by atoms with Crippen LogP contribution in [0.15, 0.2) is 41.3 Å². The predicted molar refractivity (Wildman–Crippen MR) is 87.5 cm³/mol. The Kier molecular flexibility index (Phi) is 6.14. The predicted octanol–water partition coefficient (Wildman–Crippen LogP) is 3.53. The third-order valence-corrected chi connectivity index (χ3v) is 3.86. The Hall–Kier alpha value is -1.46. The highest BCUT2D eigenvalue weighted by Gasteiger charge is 2.14. The summed E-state index contributed by atoms with van der Waals surface area (Å²) in [5, 5.41) is 3.53. The SMILES string of the molecule is CCCNC(Cc1ccc(OC)c(Br)c1)c1cnccn1. The molecule has 0 saturated carbocycles. The van der Waals surface area contributed by atoms with E-state index in [-0.39, 0.29) is 6.04 Å². The fourth-order valence-corrected chi connectivity index (χ4v) is 2.75. The molecule has 2 rings (SSSR count). The summed E-state index contributed by atoms with van der Waals surface area (Å²) in [4.78, 5) is 8.59. The minimum atomic E-state index is 0.166. The van der Waals surface area contributed by atoms with E-state index in [0.717, 1.165) is 35.3 Å². The van der Waals surface area contributed by atoms with Crippen LogP contribution in [-0.2, 0) is 6.42 Å². The van der Waals surface area contributed by atoms with Gasteiger partial charge in [-0.1, -0.05) is 13.0 Å². The number of halogens is 1. The van der Waals surface area contributed by atoms with Crippen molar-refractivity contribution >= 4 is 15.9 Å². The maximum absolute atomic E-state index is 5.27. The van der Waals surface area contributed by atoms with Crippen molar-refractivity contribution in [2.24, 2.45) is 0 Å². The van der Waals surface area contributed by atoms with Gasteiger partial charge in [0.25, 0.3) is 0 Å². The van der Waals surface area contributed by atoms with Crippen LogP contribution in [0.3, 0.4) is 0 Å². The summed E-state index contributed by atoms with van der Waals surface area (Å²) in [6.07, 6.45) is 7.21. The molecule has 0 aliphatic carbocycles. The fraction of sp³-hybridized carbons (Fsp3) is 0.375. The molecule has 1 aromatic carbocycles. The van der Waals surface area contributed by atoms with Crippen molar-refractivity contribution in [2.75, 3.05) is 13.7 Å². The summed E-state index contributed by atoms with van der Waals surface area (Å²) >= 11 is 3.53. The number of rotatable bonds is 7. The molecule has 112 valence electrons. The molecule has 1 unspecified atom stereocenters. The Morgan fingerprint density at radius 2 is 2.19 bits per heavy atom. The molecule has 21 heavy (non-hydrogen) atoms. The van der Waals surface area contributed by atoms with Gasteiger partial charge in [0.15, 0.2) is 0 Å². The second-order valence-corrected chi connectivity index (χ2v) is 5.66. The van der Waals surface area contributed by atoms with E-state index in [1.54, 1.807) is 19.5 Å². The third-order valence-electron chi connectivity index (χ3n) is 3.24. The standard InChI is InChI=1S/C16H20BrN3O/c1-3-6-19-14(15-11-18-7-8-20-15)10-12-4-5-16(21-2)13(17)9-12/h4-5,7-9,11,14,19H,3,6,10H2,1-2H3. The number of nitrogens with zero attached hydrogens (tertiary/aromatic N) is 2. The molecule has 0 radical (unpaired) electrons. The van der Waals surface area contributed by atoms with Gasteiger partial charge in [-0.3, -0.25) is 9.97 Å². The van der Waals surface area contributed by atoms with Gasteiger partial charge in [0.05, 0.1) is 23.3 Å². The number of hydrogen-bond acceptors (Lipinski definition) is 4. The smallest absolute Gasteiger partial charge is 0.133 e. The van der Waals surface area contributed by atoms with E-state index in [2.05, 4.69) is 50.3 Å². The van der Waals surface area contributed by atoms with Crippen LogP contribution in [0.5, 0.6) is 5.75 Å². The average Bonchev–Trinajstić information content (AvgIpc) is 2.52. The number of methoxy groups -OCH3 is 1. The summed E-state index contributed by atoms with van der Waals surface area (Å²) in [5.74, 6) is 0.844. The van der Waals surface area contributed by atoms with Crippen LogP contribution < -0.4 is 10.1 Å². The van der Waals surface area contributed by atoms with Gasteiger partial charge in [-0.25, -0.2) is 0 Å². The van der Waals surface area contributed by atoms with E-state index >= 15 is 0 Å². The number of hydrogen-bond donors (Lipinski definition) is 1. The number of benzene rings is 1. The number of ether oxygens (including phenoxy) is 1. The van der Waals surface area contributed by atoms with Gasteiger partial charge >= 0.3 is 0 Å². The molecule has 2 aromatic rings. The lowest BCUT2D eigenvalue weighted by atomic mass is 10.0. The highest BCUT2D eigenvalue weighted by Crippen LogP contribution is 2.27. The zero-order valence-corrected chi connectivity index (χ0v) is 13.9. The minimum absolute atomic E-state index is 0.166. The topological polar surface area (TPSA) is 47.0 Å². The number of aromatic nitrogens is 2. The first kappa shape index (κ1) is 15.9. The largest absolute Gasteiger partial charge is 0.496 e. The quantitative estimate of drug-likeness (QED) is 0.830. The Labute approximate surface area is 134 Å². The van der Waals surface area contributed by atoms with Gasteiger partial charge in [-0.05, 0) is 53.0 Å². The molecule has 0 amide bonds. The average molecular weight is 350 g/mol. The lowest BCUT2D eigenvalue weighted by Crippen LogP contribution is -2.25. The van der Waals surface area contributed by atoms with Crippen LogP contribution in [-0.4, -0.2) is 23.6 Å². The monoisotopic (exact) mass is 349 g/mol. The number of nitrogens with one attached hydrogen (secondary N) is 1. The molecule has 0 fully saturated rings. The van der Waals surface area contributed by atoms with Gasteiger partial charge in [0, 0.05) is 18.6 Å². The van der Waals surface area contributed by atoms with Crippen molar-refractivity contribution < 1.29 is 4.74 Å². The third kappa shape index (κ3) is 4.51. The maximum atomic E-state index is 5.27. The molecule has 0 saturated heterocycles.